The van der Waals surface area contributed by atoms with Gasteiger partial charge in [-0.05, 0) is 38.5 Å². The summed E-state index contributed by atoms with van der Waals surface area (Å²) in [5.41, 5.74) is 2.43. The van der Waals surface area contributed by atoms with Gasteiger partial charge in [0.05, 0.1) is 11.6 Å². The Balaban J connectivity index is 2.33. The molecule has 0 amide bonds. The zero-order valence-corrected chi connectivity index (χ0v) is 13.3. The van der Waals surface area contributed by atoms with Crippen molar-refractivity contribution in [2.45, 2.75) is 27.2 Å². The second-order valence-corrected chi connectivity index (χ2v) is 4.88. The summed E-state index contributed by atoms with van der Waals surface area (Å²) in [5.74, 6) is 1.49. The number of nitrogens with one attached hydrogen (secondary N) is 1. The van der Waals surface area contributed by atoms with E-state index in [4.69, 9.17) is 5.26 Å². The van der Waals surface area contributed by atoms with Crippen LogP contribution in [-0.2, 0) is 6.42 Å². The van der Waals surface area contributed by atoms with Gasteiger partial charge in [-0.15, -0.1) is 0 Å². The lowest BCUT2D eigenvalue weighted by Crippen LogP contribution is -2.23. The van der Waals surface area contributed by atoms with Crippen LogP contribution in [0.15, 0.2) is 30.3 Å². The number of nitrogens with zero attached hydrogens (tertiary/aromatic N) is 4. The Morgan fingerprint density at radius 1 is 1.14 bits per heavy atom. The van der Waals surface area contributed by atoms with Gasteiger partial charge < -0.3 is 10.2 Å². The minimum atomic E-state index is 0.566. The van der Waals surface area contributed by atoms with E-state index >= 15 is 0 Å². The van der Waals surface area contributed by atoms with Gasteiger partial charge in [0, 0.05) is 30.5 Å². The van der Waals surface area contributed by atoms with Crippen molar-refractivity contribution in [3.63, 3.8) is 0 Å². The molecular weight excluding hydrogens is 274 g/mol. The van der Waals surface area contributed by atoms with Crippen molar-refractivity contribution in [3.05, 3.63) is 41.6 Å². The lowest BCUT2D eigenvalue weighted by atomic mass is 10.2. The maximum Gasteiger partial charge on any atom is 0.229 e. The van der Waals surface area contributed by atoms with E-state index in [0.717, 1.165) is 36.7 Å². The Morgan fingerprint density at radius 3 is 2.55 bits per heavy atom. The van der Waals surface area contributed by atoms with Gasteiger partial charge in [-0.2, -0.15) is 10.2 Å². The third-order valence-corrected chi connectivity index (χ3v) is 3.46. The van der Waals surface area contributed by atoms with E-state index in [9.17, 15) is 0 Å². The number of aromatic nitrogens is 2. The van der Waals surface area contributed by atoms with Gasteiger partial charge in [0.15, 0.2) is 0 Å². The van der Waals surface area contributed by atoms with Gasteiger partial charge >= 0.3 is 0 Å². The topological polar surface area (TPSA) is 64.8 Å². The van der Waals surface area contributed by atoms with Crippen molar-refractivity contribution in [1.29, 1.82) is 5.26 Å². The van der Waals surface area contributed by atoms with Crippen LogP contribution in [0.5, 0.6) is 0 Å². The summed E-state index contributed by atoms with van der Waals surface area (Å²) >= 11 is 0. The maximum atomic E-state index is 8.98. The predicted octanol–water partition coefficient (Wildman–Crippen LogP) is 3.50. The lowest BCUT2D eigenvalue weighted by molar-refractivity contribution is 0.836. The Bertz CT molecular complexity index is 671. The van der Waals surface area contributed by atoms with Crippen LogP contribution in [-0.4, -0.2) is 23.1 Å². The molecule has 1 heterocycles. The van der Waals surface area contributed by atoms with E-state index in [-0.39, 0.29) is 0 Å². The van der Waals surface area contributed by atoms with E-state index in [0.29, 0.717) is 11.5 Å². The molecule has 2 aromatic rings. The lowest BCUT2D eigenvalue weighted by Gasteiger charge is -2.21. The first-order valence-corrected chi connectivity index (χ1v) is 7.60. The summed E-state index contributed by atoms with van der Waals surface area (Å²) in [6, 6.07) is 11.5. The number of hydrogen-bond acceptors (Lipinski definition) is 5. The highest BCUT2D eigenvalue weighted by Crippen LogP contribution is 2.19. The Labute approximate surface area is 131 Å². The SMILES string of the molecule is CCc1cc(N(CC)CC)nc(Nc2cccc(C#N)c2)n1. The first kappa shape index (κ1) is 15.8. The monoisotopic (exact) mass is 295 g/mol. The Hall–Kier alpha value is -2.61. The summed E-state index contributed by atoms with van der Waals surface area (Å²) in [5, 5.41) is 12.2. The van der Waals surface area contributed by atoms with E-state index in [1.165, 1.54) is 0 Å². The molecule has 0 bridgehead atoms. The summed E-state index contributed by atoms with van der Waals surface area (Å²) in [6.07, 6.45) is 0.851. The zero-order valence-electron chi connectivity index (χ0n) is 13.3. The van der Waals surface area contributed by atoms with Gasteiger partial charge in [0.25, 0.3) is 0 Å². The third kappa shape index (κ3) is 3.73. The van der Waals surface area contributed by atoms with Crippen molar-refractivity contribution in [2.24, 2.45) is 0 Å². The molecule has 1 N–H and O–H groups in total. The highest BCUT2D eigenvalue weighted by Gasteiger charge is 2.09. The summed E-state index contributed by atoms with van der Waals surface area (Å²) in [7, 11) is 0. The first-order chi connectivity index (χ1) is 10.7. The van der Waals surface area contributed by atoms with Crippen molar-refractivity contribution < 1.29 is 0 Å². The van der Waals surface area contributed by atoms with E-state index in [1.54, 1.807) is 12.1 Å². The molecule has 114 valence electrons. The van der Waals surface area contributed by atoms with Crippen LogP contribution in [0.25, 0.3) is 0 Å². The van der Waals surface area contributed by atoms with Gasteiger partial charge in [0.1, 0.15) is 5.82 Å². The van der Waals surface area contributed by atoms with Crippen LogP contribution in [0.1, 0.15) is 32.0 Å². The van der Waals surface area contributed by atoms with Gasteiger partial charge in [-0.3, -0.25) is 0 Å². The molecule has 0 aliphatic heterocycles. The second-order valence-electron chi connectivity index (χ2n) is 4.88. The molecule has 0 fully saturated rings. The van der Waals surface area contributed by atoms with E-state index < -0.39 is 0 Å². The van der Waals surface area contributed by atoms with Crippen molar-refractivity contribution in [1.82, 2.24) is 9.97 Å². The molecule has 0 radical (unpaired) electrons. The average Bonchev–Trinajstić information content (AvgIpc) is 2.56. The third-order valence-electron chi connectivity index (χ3n) is 3.46. The van der Waals surface area contributed by atoms with Gasteiger partial charge in [-0.25, -0.2) is 4.98 Å². The Kier molecular flexibility index (Phi) is 5.31. The molecule has 0 atom stereocenters. The molecule has 5 heteroatoms. The predicted molar refractivity (Wildman–Crippen MR) is 89.4 cm³/mol. The molecule has 22 heavy (non-hydrogen) atoms. The smallest absolute Gasteiger partial charge is 0.229 e. The van der Waals surface area contributed by atoms with Crippen LogP contribution in [0.4, 0.5) is 17.5 Å². The molecule has 0 saturated carbocycles. The van der Waals surface area contributed by atoms with E-state index in [2.05, 4.69) is 47.0 Å². The summed E-state index contributed by atoms with van der Waals surface area (Å²) in [6.45, 7) is 8.11. The normalized spacial score (nSPS) is 10.1. The van der Waals surface area contributed by atoms with Gasteiger partial charge in [-0.1, -0.05) is 13.0 Å². The van der Waals surface area contributed by atoms with Crippen molar-refractivity contribution in [3.8, 4) is 6.07 Å². The second kappa shape index (κ2) is 7.41. The number of benzene rings is 1. The fourth-order valence-corrected chi connectivity index (χ4v) is 2.23. The minimum Gasteiger partial charge on any atom is -0.357 e. The number of aryl methyl sites for hydroxylation is 1. The molecule has 0 aliphatic rings. The zero-order chi connectivity index (χ0) is 15.9. The molecule has 1 aromatic carbocycles. The van der Waals surface area contributed by atoms with Crippen LogP contribution < -0.4 is 10.2 Å². The van der Waals surface area contributed by atoms with Crippen molar-refractivity contribution >= 4 is 17.5 Å². The van der Waals surface area contributed by atoms with E-state index in [1.807, 2.05) is 18.2 Å². The minimum absolute atomic E-state index is 0.566. The fourth-order valence-electron chi connectivity index (χ4n) is 2.23. The highest BCUT2D eigenvalue weighted by molar-refractivity contribution is 5.58. The number of nitriles is 1. The number of hydrogen-bond donors (Lipinski definition) is 1. The quantitative estimate of drug-likeness (QED) is 0.883. The Morgan fingerprint density at radius 2 is 1.91 bits per heavy atom. The highest BCUT2D eigenvalue weighted by atomic mass is 15.2. The van der Waals surface area contributed by atoms with Crippen LogP contribution in [0, 0.1) is 11.3 Å². The average molecular weight is 295 g/mol. The first-order valence-electron chi connectivity index (χ1n) is 7.60. The summed E-state index contributed by atoms with van der Waals surface area (Å²) in [4.78, 5) is 11.3. The van der Waals surface area contributed by atoms with Crippen molar-refractivity contribution in [2.75, 3.05) is 23.3 Å². The molecule has 0 spiro atoms. The molecule has 2 rings (SSSR count). The standard InChI is InChI=1S/C17H21N5/c1-4-14-11-16(22(5-2)6-3)21-17(19-14)20-15-9-7-8-13(10-15)12-18/h7-11H,4-6H2,1-3H3,(H,19,20,21). The fraction of sp³-hybridized carbons (Fsp3) is 0.353. The molecule has 0 aliphatic carbocycles. The van der Waals surface area contributed by atoms with Crippen LogP contribution in [0.2, 0.25) is 0 Å². The molecule has 1 aromatic heterocycles. The maximum absolute atomic E-state index is 8.98. The summed E-state index contributed by atoms with van der Waals surface area (Å²) < 4.78 is 0. The number of anilines is 3. The van der Waals surface area contributed by atoms with Crippen LogP contribution >= 0.6 is 0 Å². The molecule has 0 unspecified atom stereocenters. The van der Waals surface area contributed by atoms with Crippen LogP contribution in [0.3, 0.4) is 0 Å². The number of rotatable bonds is 6. The molecule has 0 saturated heterocycles. The molecule has 5 nitrogen and oxygen atoms in total. The molecular formula is C17H21N5. The largest absolute Gasteiger partial charge is 0.357 e. The van der Waals surface area contributed by atoms with Gasteiger partial charge in [0.2, 0.25) is 5.95 Å².